The van der Waals surface area contributed by atoms with Crippen molar-refractivity contribution in [2.75, 3.05) is 31.4 Å². The van der Waals surface area contributed by atoms with Gasteiger partial charge in [0.05, 0.1) is 31.6 Å². The van der Waals surface area contributed by atoms with Crippen molar-refractivity contribution in [2.45, 2.75) is 43.4 Å². The van der Waals surface area contributed by atoms with Crippen molar-refractivity contribution in [1.29, 1.82) is 0 Å². The number of carbonyl (C=O) groups is 5. The van der Waals surface area contributed by atoms with E-state index in [-0.39, 0.29) is 17.5 Å². The second-order valence-corrected chi connectivity index (χ2v) is 13.9. The third kappa shape index (κ3) is 9.24. The molecule has 1 aliphatic heterocycles. The van der Waals surface area contributed by atoms with Crippen LogP contribution >= 0.6 is 23.1 Å². The van der Waals surface area contributed by atoms with E-state index < -0.39 is 23.0 Å². The molecular formula is C38H38N4O7S2. The molecule has 1 aliphatic rings. The number of thiophene rings is 1. The molecule has 3 N–H and O–H groups in total. The van der Waals surface area contributed by atoms with Crippen LogP contribution in [0.2, 0.25) is 0 Å². The number of anilines is 2. The molecule has 4 amide bonds. The van der Waals surface area contributed by atoms with Gasteiger partial charge in [-0.25, -0.2) is 4.79 Å². The Hall–Kier alpha value is -5.40. The zero-order chi connectivity index (χ0) is 36.5. The third-order valence-corrected chi connectivity index (χ3v) is 10.6. The molecule has 0 saturated heterocycles. The number of ether oxygens (including phenoxy) is 2. The van der Waals surface area contributed by atoms with E-state index in [2.05, 4.69) is 16.0 Å². The molecule has 51 heavy (non-hydrogen) atoms. The van der Waals surface area contributed by atoms with Gasteiger partial charge in [0.1, 0.15) is 16.4 Å². The van der Waals surface area contributed by atoms with E-state index in [1.54, 1.807) is 90.9 Å². The Kier molecular flexibility index (Phi) is 12.3. The van der Waals surface area contributed by atoms with E-state index in [1.165, 1.54) is 37.1 Å². The average Bonchev–Trinajstić information content (AvgIpc) is 3.50. The summed E-state index contributed by atoms with van der Waals surface area (Å²) in [5, 5.41) is 8.42. The van der Waals surface area contributed by atoms with Gasteiger partial charge in [-0.3, -0.25) is 19.2 Å². The number of amides is 4. The van der Waals surface area contributed by atoms with Gasteiger partial charge in [-0.05, 0) is 72.5 Å². The molecule has 11 nitrogen and oxygen atoms in total. The van der Waals surface area contributed by atoms with Crippen LogP contribution in [0.15, 0.2) is 89.5 Å². The molecule has 2 heterocycles. The highest BCUT2D eigenvalue weighted by Crippen LogP contribution is 2.38. The molecule has 1 atom stereocenters. The van der Waals surface area contributed by atoms with Crippen molar-refractivity contribution < 1.29 is 33.4 Å². The minimum atomic E-state index is -0.539. The highest BCUT2D eigenvalue weighted by molar-refractivity contribution is 8.00. The van der Waals surface area contributed by atoms with Crippen molar-refractivity contribution in [3.63, 3.8) is 0 Å². The van der Waals surface area contributed by atoms with Crippen LogP contribution in [0, 0.1) is 0 Å². The maximum absolute atomic E-state index is 13.6. The molecule has 0 bridgehead atoms. The van der Waals surface area contributed by atoms with Crippen molar-refractivity contribution in [3.05, 3.63) is 112 Å². The van der Waals surface area contributed by atoms with Crippen molar-refractivity contribution >= 4 is 69.5 Å². The quantitative estimate of drug-likeness (QED) is 0.0869. The Morgan fingerprint density at radius 1 is 0.961 bits per heavy atom. The number of hydrogen-bond donors (Lipinski definition) is 3. The lowest BCUT2D eigenvalue weighted by Gasteiger charge is -2.25. The lowest BCUT2D eigenvalue weighted by atomic mass is 10.0. The molecule has 3 aromatic carbocycles. The minimum Gasteiger partial charge on any atom is -0.497 e. The maximum Gasteiger partial charge on any atom is 0.341 e. The van der Waals surface area contributed by atoms with Gasteiger partial charge in [0.25, 0.3) is 11.8 Å². The Bertz CT molecular complexity index is 1960. The summed E-state index contributed by atoms with van der Waals surface area (Å²) in [7, 11) is 2.86. The summed E-state index contributed by atoms with van der Waals surface area (Å²) in [5.41, 5.74) is 2.69. The van der Waals surface area contributed by atoms with Crippen molar-refractivity contribution in [2.24, 2.45) is 0 Å². The Labute approximate surface area is 304 Å². The predicted molar refractivity (Wildman–Crippen MR) is 199 cm³/mol. The van der Waals surface area contributed by atoms with Gasteiger partial charge < -0.3 is 30.3 Å². The maximum atomic E-state index is 13.6. The number of rotatable bonds is 12. The Morgan fingerprint density at radius 2 is 1.71 bits per heavy atom. The minimum absolute atomic E-state index is 0.0318. The molecule has 0 radical (unpaired) electrons. The number of carbonyl (C=O) groups excluding carboxylic acids is 5. The van der Waals surface area contributed by atoms with Gasteiger partial charge in [-0.2, -0.15) is 0 Å². The number of methoxy groups -OCH3 is 2. The van der Waals surface area contributed by atoms with Crippen molar-refractivity contribution in [3.8, 4) is 5.75 Å². The number of nitrogens with one attached hydrogen (secondary N) is 3. The molecule has 0 aliphatic carbocycles. The van der Waals surface area contributed by atoms with E-state index in [9.17, 15) is 24.0 Å². The van der Waals surface area contributed by atoms with Gasteiger partial charge in [-0.1, -0.05) is 43.3 Å². The van der Waals surface area contributed by atoms with Crippen LogP contribution in [0.4, 0.5) is 10.7 Å². The molecule has 1 unspecified atom stereocenters. The van der Waals surface area contributed by atoms with E-state index in [1.807, 2.05) is 13.0 Å². The summed E-state index contributed by atoms with van der Waals surface area (Å²) in [6.07, 6.45) is 2.54. The lowest BCUT2D eigenvalue weighted by molar-refractivity contribution is -0.129. The van der Waals surface area contributed by atoms with Crippen LogP contribution in [0.3, 0.4) is 0 Å². The lowest BCUT2D eigenvalue weighted by Crippen LogP contribution is -2.34. The first-order valence-electron chi connectivity index (χ1n) is 16.2. The summed E-state index contributed by atoms with van der Waals surface area (Å²) < 4.78 is 10.3. The van der Waals surface area contributed by atoms with E-state index in [0.717, 1.165) is 15.3 Å². The first kappa shape index (κ1) is 36.9. The number of esters is 1. The van der Waals surface area contributed by atoms with Crippen LogP contribution in [0.5, 0.6) is 5.75 Å². The van der Waals surface area contributed by atoms with Crippen LogP contribution in [0.25, 0.3) is 6.08 Å². The largest absolute Gasteiger partial charge is 0.497 e. The van der Waals surface area contributed by atoms with Crippen LogP contribution in [-0.2, 0) is 32.1 Å². The molecule has 0 saturated carbocycles. The molecule has 4 aromatic rings. The Morgan fingerprint density at radius 3 is 2.37 bits per heavy atom. The summed E-state index contributed by atoms with van der Waals surface area (Å²) in [6, 6.07) is 22.7. The number of thioether (sulfide) groups is 1. The zero-order valence-corrected chi connectivity index (χ0v) is 30.2. The van der Waals surface area contributed by atoms with E-state index in [0.29, 0.717) is 59.1 Å². The normalized spacial score (nSPS) is 13.0. The topological polar surface area (TPSA) is 143 Å². The third-order valence-electron chi connectivity index (χ3n) is 8.12. The fraction of sp³-hybridized carbons (Fsp3) is 0.237. The smallest absolute Gasteiger partial charge is 0.341 e. The Balaban J connectivity index is 1.32. The van der Waals surface area contributed by atoms with Gasteiger partial charge in [0, 0.05) is 34.5 Å². The fourth-order valence-electron chi connectivity index (χ4n) is 5.41. The summed E-state index contributed by atoms with van der Waals surface area (Å²) in [6.45, 7) is 4.25. The molecule has 5 rings (SSSR count). The summed E-state index contributed by atoms with van der Waals surface area (Å²) in [5.74, 6) is -1.21. The van der Waals surface area contributed by atoms with Crippen molar-refractivity contribution in [1.82, 2.24) is 10.2 Å². The molecule has 0 fully saturated rings. The average molecular weight is 727 g/mol. The molecule has 0 spiro atoms. The monoisotopic (exact) mass is 726 g/mol. The predicted octanol–water partition coefficient (Wildman–Crippen LogP) is 6.37. The second kappa shape index (κ2) is 17.0. The number of nitrogens with zero attached hydrogens (tertiary/aromatic N) is 1. The van der Waals surface area contributed by atoms with E-state index in [4.69, 9.17) is 9.47 Å². The van der Waals surface area contributed by atoms with E-state index >= 15 is 0 Å². The summed E-state index contributed by atoms with van der Waals surface area (Å²) in [4.78, 5) is 68.4. The first-order valence-corrected chi connectivity index (χ1v) is 17.9. The van der Waals surface area contributed by atoms with Gasteiger partial charge in [-0.15, -0.1) is 23.1 Å². The molecular weight excluding hydrogens is 689 g/mol. The highest BCUT2D eigenvalue weighted by atomic mass is 32.2. The number of benzene rings is 3. The number of hydrogen-bond acceptors (Lipinski definition) is 9. The number of fused-ring (bicyclic) bond motifs is 1. The van der Waals surface area contributed by atoms with Gasteiger partial charge in [0.15, 0.2) is 0 Å². The fourth-order valence-corrected chi connectivity index (χ4v) is 7.68. The second-order valence-electron chi connectivity index (χ2n) is 11.5. The van der Waals surface area contributed by atoms with Crippen LogP contribution in [0.1, 0.15) is 57.0 Å². The summed E-state index contributed by atoms with van der Waals surface area (Å²) >= 11 is 2.60. The standard InChI is InChI=1S/C38H38N4O7S2/c1-5-31(36(46)41-37-33(38(47)49-4)29-18-19-42(23(2)43)22-32(29)51-37)50-28-13-9-12-26(21-28)39-35(45)30(20-24-14-16-27(48-3)17-15-24)40-34(44)25-10-7-6-8-11-25/h6-17,20-21,31H,5,18-19,22H2,1-4H3,(H,39,45)(H,40,44)(H,41,46)/b30-20+. The first-order chi connectivity index (χ1) is 24.6. The molecule has 264 valence electrons. The highest BCUT2D eigenvalue weighted by Gasteiger charge is 2.31. The van der Waals surface area contributed by atoms with Gasteiger partial charge >= 0.3 is 5.97 Å². The zero-order valence-electron chi connectivity index (χ0n) is 28.6. The van der Waals surface area contributed by atoms with Crippen LogP contribution < -0.4 is 20.7 Å². The van der Waals surface area contributed by atoms with Gasteiger partial charge in [0.2, 0.25) is 11.8 Å². The SMILES string of the molecule is CCC(Sc1cccc(NC(=O)/C(=C\c2ccc(OC)cc2)NC(=O)c2ccccc2)c1)C(=O)Nc1sc2c(c1C(=O)OC)CCN(C(C)=O)C2. The molecule has 13 heteroatoms. The molecule has 1 aromatic heterocycles. The van der Waals surface area contributed by atoms with Crippen LogP contribution in [-0.4, -0.2) is 60.5 Å².